The summed E-state index contributed by atoms with van der Waals surface area (Å²) in [6, 6.07) is 14.3. The molecule has 6 heteroatoms. The number of hydrogen-bond acceptors (Lipinski definition) is 4. The molecule has 25 heavy (non-hydrogen) atoms. The second-order valence-corrected chi connectivity index (χ2v) is 6.97. The van der Waals surface area contributed by atoms with Gasteiger partial charge < -0.3 is 12.4 Å². The normalized spacial score (nSPS) is 12.2. The molecular weight excluding hydrogens is 352 g/mol. The number of para-hydroxylation sites is 1. The number of aromatic nitrogens is 1. The van der Waals surface area contributed by atoms with E-state index in [1.54, 1.807) is 0 Å². The van der Waals surface area contributed by atoms with E-state index in [0.29, 0.717) is 5.25 Å². The summed E-state index contributed by atoms with van der Waals surface area (Å²) in [6.45, 7) is 5.10. The molecule has 0 aliphatic carbocycles. The molecule has 1 aromatic carbocycles. The standard InChI is InChI=1S/C19H26N4S.ClH/c1-17(24)16-21(2)13-14-23-11-9-18(10-12-23)15-20-22(3)19-7-5-4-6-8-19;/h4-12,15,17H,13-14,16H2,1-3H3;1H. The van der Waals surface area contributed by atoms with Crippen LogP contribution in [0.25, 0.3) is 0 Å². The van der Waals surface area contributed by atoms with Crippen molar-refractivity contribution in [2.45, 2.75) is 18.7 Å². The van der Waals surface area contributed by atoms with Crippen LogP contribution in [-0.4, -0.2) is 43.5 Å². The third-order valence-electron chi connectivity index (χ3n) is 3.74. The first kappa shape index (κ1) is 21.5. The van der Waals surface area contributed by atoms with Crippen LogP contribution >= 0.6 is 12.6 Å². The van der Waals surface area contributed by atoms with E-state index in [-0.39, 0.29) is 12.4 Å². The molecule has 4 nitrogen and oxygen atoms in total. The van der Waals surface area contributed by atoms with Crippen LogP contribution in [0, 0.1) is 0 Å². The lowest BCUT2D eigenvalue weighted by Crippen LogP contribution is -3.00. The minimum atomic E-state index is 0. The minimum Gasteiger partial charge on any atom is -1.00 e. The second kappa shape index (κ2) is 11.1. The third kappa shape index (κ3) is 7.90. The summed E-state index contributed by atoms with van der Waals surface area (Å²) in [5, 5.41) is 6.76. The highest BCUT2D eigenvalue weighted by atomic mass is 35.5. The fourth-order valence-corrected chi connectivity index (χ4v) is 2.67. The number of thiol groups is 1. The highest BCUT2D eigenvalue weighted by molar-refractivity contribution is 7.80. The first-order chi connectivity index (χ1) is 11.5. The quantitative estimate of drug-likeness (QED) is 0.295. The molecular formula is C19H27ClN4S. The zero-order chi connectivity index (χ0) is 17.4. The summed E-state index contributed by atoms with van der Waals surface area (Å²) in [5.74, 6) is 0. The molecule has 0 radical (unpaired) electrons. The molecule has 0 spiro atoms. The SMILES string of the molecule is CC(S)CN(C)CC[n+]1ccc(/C=N/N(C)c2ccccc2)cc1.[Cl-]. The number of halogens is 1. The Labute approximate surface area is 163 Å². The van der Waals surface area contributed by atoms with E-state index in [4.69, 9.17) is 0 Å². The van der Waals surface area contributed by atoms with Crippen LogP contribution in [0.1, 0.15) is 12.5 Å². The van der Waals surface area contributed by atoms with Crippen LogP contribution in [0.5, 0.6) is 0 Å². The van der Waals surface area contributed by atoms with Crippen LogP contribution in [-0.2, 0) is 6.54 Å². The Bertz CT molecular complexity index is 632. The Morgan fingerprint density at radius 2 is 1.76 bits per heavy atom. The Morgan fingerprint density at radius 3 is 2.36 bits per heavy atom. The fraction of sp³-hybridized carbons (Fsp3) is 0.368. The summed E-state index contributed by atoms with van der Waals surface area (Å²) >= 11 is 4.43. The van der Waals surface area contributed by atoms with E-state index in [1.165, 1.54) is 0 Å². The summed E-state index contributed by atoms with van der Waals surface area (Å²) in [6.07, 6.45) is 6.08. The Morgan fingerprint density at radius 1 is 1.12 bits per heavy atom. The molecule has 0 aliphatic rings. The van der Waals surface area contributed by atoms with Crippen LogP contribution in [0.4, 0.5) is 5.69 Å². The summed E-state index contributed by atoms with van der Waals surface area (Å²) in [7, 11) is 4.08. The van der Waals surface area contributed by atoms with Crippen molar-refractivity contribution in [1.29, 1.82) is 0 Å². The summed E-state index contributed by atoms with van der Waals surface area (Å²) in [5.41, 5.74) is 2.16. The van der Waals surface area contributed by atoms with Gasteiger partial charge in [0.2, 0.25) is 0 Å². The summed E-state index contributed by atoms with van der Waals surface area (Å²) < 4.78 is 2.19. The van der Waals surface area contributed by atoms with Gasteiger partial charge >= 0.3 is 0 Å². The van der Waals surface area contributed by atoms with E-state index in [9.17, 15) is 0 Å². The van der Waals surface area contributed by atoms with Gasteiger partial charge in [0.1, 0.15) is 0 Å². The molecule has 0 amide bonds. The van der Waals surface area contributed by atoms with Crippen molar-refractivity contribution in [2.75, 3.05) is 32.2 Å². The lowest BCUT2D eigenvalue weighted by molar-refractivity contribution is -0.696. The van der Waals surface area contributed by atoms with Gasteiger partial charge in [0.05, 0.1) is 18.4 Å². The van der Waals surface area contributed by atoms with Crippen LogP contribution in [0.15, 0.2) is 60.0 Å². The highest BCUT2D eigenvalue weighted by Crippen LogP contribution is 2.10. The van der Waals surface area contributed by atoms with Crippen LogP contribution in [0.2, 0.25) is 0 Å². The number of hydrogen-bond donors (Lipinski definition) is 1. The van der Waals surface area contributed by atoms with Crippen molar-refractivity contribution >= 4 is 24.5 Å². The molecule has 2 aromatic rings. The van der Waals surface area contributed by atoms with Crippen molar-refractivity contribution in [2.24, 2.45) is 5.10 Å². The monoisotopic (exact) mass is 378 g/mol. The number of benzene rings is 1. The van der Waals surface area contributed by atoms with Crippen LogP contribution in [0.3, 0.4) is 0 Å². The molecule has 0 saturated heterocycles. The Kier molecular flexibility index (Phi) is 9.57. The predicted molar refractivity (Wildman–Crippen MR) is 105 cm³/mol. The molecule has 1 aromatic heterocycles. The number of likely N-dealkylation sites (N-methyl/N-ethyl adjacent to an activating group) is 1. The van der Waals surface area contributed by atoms with E-state index < -0.39 is 0 Å². The minimum absolute atomic E-state index is 0. The smallest absolute Gasteiger partial charge is 0.169 e. The summed E-state index contributed by atoms with van der Waals surface area (Å²) in [4.78, 5) is 2.30. The molecule has 136 valence electrons. The van der Waals surface area contributed by atoms with Crippen molar-refractivity contribution in [3.8, 4) is 0 Å². The highest BCUT2D eigenvalue weighted by Gasteiger charge is 2.06. The van der Waals surface area contributed by atoms with Crippen molar-refractivity contribution in [3.05, 3.63) is 60.4 Å². The van der Waals surface area contributed by atoms with Crippen molar-refractivity contribution in [1.82, 2.24) is 4.90 Å². The molecule has 0 saturated carbocycles. The first-order valence-electron chi connectivity index (χ1n) is 8.23. The molecule has 0 bridgehead atoms. The Hall–Kier alpha value is -1.56. The topological polar surface area (TPSA) is 22.7 Å². The molecule has 2 rings (SSSR count). The molecule has 1 atom stereocenters. The van der Waals surface area contributed by atoms with Gasteiger partial charge in [-0.2, -0.15) is 17.7 Å². The second-order valence-electron chi connectivity index (χ2n) is 6.08. The molecule has 0 fully saturated rings. The lowest BCUT2D eigenvalue weighted by Gasteiger charge is -2.16. The van der Waals surface area contributed by atoms with E-state index in [2.05, 4.69) is 65.7 Å². The molecule has 1 unspecified atom stereocenters. The number of anilines is 1. The number of pyridine rings is 1. The van der Waals surface area contributed by atoms with Gasteiger partial charge in [0.15, 0.2) is 18.9 Å². The number of nitrogens with zero attached hydrogens (tertiary/aromatic N) is 4. The van der Waals surface area contributed by atoms with Crippen molar-refractivity contribution in [3.63, 3.8) is 0 Å². The average molecular weight is 379 g/mol. The first-order valence-corrected chi connectivity index (χ1v) is 8.74. The zero-order valence-corrected chi connectivity index (χ0v) is 16.7. The molecule has 0 aliphatic heterocycles. The van der Waals surface area contributed by atoms with E-state index in [1.807, 2.05) is 48.6 Å². The van der Waals surface area contributed by atoms with Gasteiger partial charge in [-0.3, -0.25) is 9.91 Å². The lowest BCUT2D eigenvalue weighted by atomic mass is 10.3. The van der Waals surface area contributed by atoms with Crippen LogP contribution < -0.4 is 22.0 Å². The fourth-order valence-electron chi connectivity index (χ4n) is 2.40. The molecule has 0 N–H and O–H groups in total. The van der Waals surface area contributed by atoms with Gasteiger partial charge in [0, 0.05) is 36.5 Å². The average Bonchev–Trinajstić information content (AvgIpc) is 2.59. The maximum Gasteiger partial charge on any atom is 0.169 e. The zero-order valence-electron chi connectivity index (χ0n) is 15.1. The largest absolute Gasteiger partial charge is 1.00 e. The third-order valence-corrected chi connectivity index (χ3v) is 3.91. The maximum absolute atomic E-state index is 4.48. The Balaban J connectivity index is 0.00000312. The van der Waals surface area contributed by atoms with E-state index >= 15 is 0 Å². The van der Waals surface area contributed by atoms with Gasteiger partial charge in [-0.25, -0.2) is 4.57 Å². The number of rotatable bonds is 8. The van der Waals surface area contributed by atoms with Crippen molar-refractivity contribution < 1.29 is 17.0 Å². The van der Waals surface area contributed by atoms with E-state index in [0.717, 1.165) is 30.9 Å². The van der Waals surface area contributed by atoms with Gasteiger partial charge in [0.25, 0.3) is 0 Å². The number of hydrazone groups is 1. The van der Waals surface area contributed by atoms with Gasteiger partial charge in [-0.1, -0.05) is 25.1 Å². The van der Waals surface area contributed by atoms with Gasteiger partial charge in [-0.05, 0) is 19.2 Å². The maximum atomic E-state index is 4.48. The predicted octanol–water partition coefficient (Wildman–Crippen LogP) is -0.301. The molecule has 1 heterocycles. The van der Waals surface area contributed by atoms with Gasteiger partial charge in [-0.15, -0.1) is 0 Å².